The molecule has 0 saturated carbocycles. The molecule has 0 spiro atoms. The molecule has 1 N–H and O–H groups in total. The molecule has 0 aromatic carbocycles. The number of rotatable bonds is 3. The van der Waals surface area contributed by atoms with Gasteiger partial charge in [0.15, 0.2) is 0 Å². The van der Waals surface area contributed by atoms with E-state index in [1.54, 1.807) is 0 Å². The van der Waals surface area contributed by atoms with Crippen molar-refractivity contribution < 1.29 is 9.53 Å². The number of likely N-dealkylation sites (tertiary alicyclic amines) is 1. The van der Waals surface area contributed by atoms with Crippen molar-refractivity contribution >= 4 is 6.03 Å². The van der Waals surface area contributed by atoms with Crippen LogP contribution in [0.4, 0.5) is 4.79 Å². The van der Waals surface area contributed by atoms with E-state index in [-0.39, 0.29) is 18.2 Å². The first-order valence-corrected chi connectivity index (χ1v) is 6.88. The lowest BCUT2D eigenvalue weighted by Crippen LogP contribution is -2.46. The first kappa shape index (κ1) is 13.6. The van der Waals surface area contributed by atoms with Crippen molar-refractivity contribution in [2.45, 2.75) is 31.9 Å². The van der Waals surface area contributed by atoms with Crippen molar-refractivity contribution in [3.8, 4) is 0 Å². The number of hydrogen-bond donors (Lipinski definition) is 1. The van der Waals surface area contributed by atoms with Crippen LogP contribution in [0.2, 0.25) is 0 Å². The van der Waals surface area contributed by atoms with Gasteiger partial charge in [0, 0.05) is 26.2 Å². The molecule has 18 heavy (non-hydrogen) atoms. The molecule has 0 unspecified atom stereocenters. The van der Waals surface area contributed by atoms with Crippen LogP contribution in [0.15, 0.2) is 0 Å². The fraction of sp³-hybridized carbons (Fsp3) is 0.923. The van der Waals surface area contributed by atoms with E-state index in [1.165, 1.54) is 0 Å². The minimum Gasteiger partial charge on any atom is -0.376 e. The fourth-order valence-corrected chi connectivity index (χ4v) is 2.85. The fourth-order valence-electron chi connectivity index (χ4n) is 2.85. The predicted octanol–water partition coefficient (Wildman–Crippen LogP) is 0.757. The van der Waals surface area contributed by atoms with E-state index in [2.05, 4.69) is 24.3 Å². The Balaban J connectivity index is 1.76. The second-order valence-electron chi connectivity index (χ2n) is 5.78. The summed E-state index contributed by atoms with van der Waals surface area (Å²) in [5, 5.41) is 3.09. The molecule has 2 rings (SSSR count). The van der Waals surface area contributed by atoms with Gasteiger partial charge >= 0.3 is 6.03 Å². The molecule has 0 aliphatic carbocycles. The van der Waals surface area contributed by atoms with Gasteiger partial charge in [-0.3, -0.25) is 0 Å². The van der Waals surface area contributed by atoms with Crippen LogP contribution in [-0.2, 0) is 4.74 Å². The van der Waals surface area contributed by atoms with Crippen molar-refractivity contribution in [2.24, 2.45) is 5.92 Å². The third-order valence-corrected chi connectivity index (χ3v) is 3.88. The molecule has 104 valence electrons. The summed E-state index contributed by atoms with van der Waals surface area (Å²) in [6.45, 7) is 5.61. The summed E-state index contributed by atoms with van der Waals surface area (Å²) in [7, 11) is 4.17. The Morgan fingerprint density at radius 3 is 2.83 bits per heavy atom. The summed E-state index contributed by atoms with van der Waals surface area (Å²) in [4.78, 5) is 16.3. The van der Waals surface area contributed by atoms with E-state index in [1.807, 2.05) is 11.8 Å². The second kappa shape index (κ2) is 5.89. The van der Waals surface area contributed by atoms with Gasteiger partial charge in [-0.15, -0.1) is 0 Å². The summed E-state index contributed by atoms with van der Waals surface area (Å²) < 4.78 is 5.46. The van der Waals surface area contributed by atoms with Crippen LogP contribution in [0.1, 0.15) is 19.8 Å². The molecule has 2 aliphatic rings. The van der Waals surface area contributed by atoms with Crippen molar-refractivity contribution in [1.29, 1.82) is 0 Å². The Morgan fingerprint density at radius 2 is 2.22 bits per heavy atom. The lowest BCUT2D eigenvalue weighted by atomic mass is 10.1. The van der Waals surface area contributed by atoms with Gasteiger partial charge in [0.2, 0.25) is 0 Å². The molecule has 2 fully saturated rings. The molecule has 5 nitrogen and oxygen atoms in total. The Kier molecular flexibility index (Phi) is 4.45. The zero-order chi connectivity index (χ0) is 13.1. The lowest BCUT2D eigenvalue weighted by molar-refractivity contribution is 0.112. The Morgan fingerprint density at radius 1 is 1.44 bits per heavy atom. The molecule has 2 saturated heterocycles. The van der Waals surface area contributed by atoms with E-state index < -0.39 is 0 Å². The van der Waals surface area contributed by atoms with E-state index in [9.17, 15) is 4.79 Å². The predicted molar refractivity (Wildman–Crippen MR) is 70.6 cm³/mol. The SMILES string of the molecule is C[C@@H]1OCC[C@@H]1NC(=O)N1CC[C@@H](CN(C)C)C1. The highest BCUT2D eigenvalue weighted by atomic mass is 16.5. The number of nitrogens with zero attached hydrogens (tertiary/aromatic N) is 2. The number of ether oxygens (including phenoxy) is 1. The van der Waals surface area contributed by atoms with Gasteiger partial charge in [-0.25, -0.2) is 4.79 Å². The summed E-state index contributed by atoms with van der Waals surface area (Å²) in [6, 6.07) is 0.268. The van der Waals surface area contributed by atoms with Gasteiger partial charge in [-0.05, 0) is 39.8 Å². The largest absolute Gasteiger partial charge is 0.376 e. The zero-order valence-electron chi connectivity index (χ0n) is 11.7. The number of hydrogen-bond acceptors (Lipinski definition) is 3. The Labute approximate surface area is 109 Å². The average Bonchev–Trinajstić information content (AvgIpc) is 2.88. The second-order valence-corrected chi connectivity index (χ2v) is 5.78. The molecule has 2 aliphatic heterocycles. The first-order chi connectivity index (χ1) is 8.56. The summed E-state index contributed by atoms with van der Waals surface area (Å²) in [5.41, 5.74) is 0. The molecular weight excluding hydrogens is 230 g/mol. The van der Waals surface area contributed by atoms with Crippen LogP contribution in [0.3, 0.4) is 0 Å². The third kappa shape index (κ3) is 3.36. The smallest absolute Gasteiger partial charge is 0.317 e. The minimum absolute atomic E-state index is 0.0820. The van der Waals surface area contributed by atoms with Crippen LogP contribution in [0, 0.1) is 5.92 Å². The monoisotopic (exact) mass is 255 g/mol. The summed E-state index contributed by atoms with van der Waals surface area (Å²) >= 11 is 0. The molecule has 0 radical (unpaired) electrons. The van der Waals surface area contributed by atoms with Gasteiger partial charge in [0.05, 0.1) is 12.1 Å². The normalized spacial score (nSPS) is 32.2. The van der Waals surface area contributed by atoms with Gasteiger partial charge in [-0.2, -0.15) is 0 Å². The highest BCUT2D eigenvalue weighted by Crippen LogP contribution is 2.18. The highest BCUT2D eigenvalue weighted by molar-refractivity contribution is 5.74. The van der Waals surface area contributed by atoms with Crippen LogP contribution in [-0.4, -0.2) is 68.3 Å². The number of amides is 2. The van der Waals surface area contributed by atoms with E-state index >= 15 is 0 Å². The van der Waals surface area contributed by atoms with Crippen LogP contribution in [0.25, 0.3) is 0 Å². The summed E-state index contributed by atoms with van der Waals surface area (Å²) in [6.07, 6.45) is 2.19. The van der Waals surface area contributed by atoms with Gasteiger partial charge in [0.1, 0.15) is 0 Å². The molecule has 2 heterocycles. The number of carbonyl (C=O) groups excluding carboxylic acids is 1. The maximum Gasteiger partial charge on any atom is 0.317 e. The highest BCUT2D eigenvalue weighted by Gasteiger charge is 2.30. The number of nitrogens with one attached hydrogen (secondary N) is 1. The summed E-state index contributed by atoms with van der Waals surface area (Å²) in [5.74, 6) is 0.614. The quantitative estimate of drug-likeness (QED) is 0.809. The van der Waals surface area contributed by atoms with Crippen LogP contribution >= 0.6 is 0 Å². The van der Waals surface area contributed by atoms with Crippen LogP contribution < -0.4 is 5.32 Å². The van der Waals surface area contributed by atoms with E-state index in [4.69, 9.17) is 4.74 Å². The average molecular weight is 255 g/mol. The van der Waals surface area contributed by atoms with Gasteiger partial charge in [-0.1, -0.05) is 0 Å². The zero-order valence-corrected chi connectivity index (χ0v) is 11.7. The molecule has 2 amide bonds. The van der Waals surface area contributed by atoms with Gasteiger partial charge < -0.3 is 19.9 Å². The van der Waals surface area contributed by atoms with Gasteiger partial charge in [0.25, 0.3) is 0 Å². The molecule has 3 atom stereocenters. The molecule has 5 heteroatoms. The third-order valence-electron chi connectivity index (χ3n) is 3.88. The molecule has 0 aromatic rings. The minimum atomic E-state index is 0.0820. The van der Waals surface area contributed by atoms with Crippen molar-refractivity contribution in [1.82, 2.24) is 15.1 Å². The standard InChI is InChI=1S/C13H25N3O2/c1-10-12(5-7-18-10)14-13(17)16-6-4-11(9-16)8-15(2)3/h10-12H,4-9H2,1-3H3,(H,14,17)/t10-,11-,12-/m0/s1. The van der Waals surface area contributed by atoms with E-state index in [0.717, 1.165) is 39.1 Å². The van der Waals surface area contributed by atoms with Crippen molar-refractivity contribution in [2.75, 3.05) is 40.3 Å². The number of carbonyl (C=O) groups is 1. The Bertz CT molecular complexity index is 296. The maximum atomic E-state index is 12.1. The Hall–Kier alpha value is -0.810. The van der Waals surface area contributed by atoms with E-state index in [0.29, 0.717) is 5.92 Å². The topological polar surface area (TPSA) is 44.8 Å². The number of urea groups is 1. The first-order valence-electron chi connectivity index (χ1n) is 6.88. The molecule has 0 aromatic heterocycles. The van der Waals surface area contributed by atoms with Crippen molar-refractivity contribution in [3.05, 3.63) is 0 Å². The molecular formula is C13H25N3O2. The maximum absolute atomic E-state index is 12.1. The lowest BCUT2D eigenvalue weighted by Gasteiger charge is -2.22. The van der Waals surface area contributed by atoms with Crippen molar-refractivity contribution in [3.63, 3.8) is 0 Å². The van der Waals surface area contributed by atoms with Crippen LogP contribution in [0.5, 0.6) is 0 Å². The molecule has 0 bridgehead atoms.